The van der Waals surface area contributed by atoms with Gasteiger partial charge in [-0.25, -0.2) is 9.97 Å². The molecule has 4 saturated carbocycles. The van der Waals surface area contributed by atoms with Gasteiger partial charge in [-0.15, -0.1) is 0 Å². The van der Waals surface area contributed by atoms with E-state index in [1.807, 2.05) is 12.4 Å². The van der Waals surface area contributed by atoms with Crippen molar-refractivity contribution in [2.24, 2.45) is 14.1 Å². The van der Waals surface area contributed by atoms with E-state index in [0.717, 1.165) is 22.6 Å². The maximum Gasteiger partial charge on any atom is 2.00 e. The van der Waals surface area contributed by atoms with Crippen LogP contribution in [0, 0.1) is 29.7 Å². The summed E-state index contributed by atoms with van der Waals surface area (Å²) < 4.78 is 9.24. The van der Waals surface area contributed by atoms with Gasteiger partial charge < -0.3 is 48.0 Å². The third kappa shape index (κ3) is 21.8. The van der Waals surface area contributed by atoms with E-state index in [0.29, 0.717) is 20.6 Å². The van der Waals surface area contributed by atoms with Crippen molar-refractivity contribution in [3.63, 3.8) is 0 Å². The number of hydrogen-bond donors (Lipinski definition) is 0. The molecule has 4 heterocycles. The van der Waals surface area contributed by atoms with E-state index < -0.39 is 0 Å². The van der Waals surface area contributed by atoms with Gasteiger partial charge in [-0.05, 0) is 175 Å². The van der Waals surface area contributed by atoms with Gasteiger partial charge in [0.25, 0.3) is 0 Å². The van der Waals surface area contributed by atoms with Gasteiger partial charge in [0.15, 0.2) is 0 Å². The van der Waals surface area contributed by atoms with Crippen LogP contribution >= 0.6 is 31.7 Å². The Balaban J connectivity index is 0. The fourth-order valence-corrected chi connectivity index (χ4v) is 26.3. The van der Waals surface area contributed by atoms with Crippen molar-refractivity contribution in [2.45, 2.75) is 282 Å². The second kappa shape index (κ2) is 32.5. The smallest absolute Gasteiger partial charge is 0.358 e. The summed E-state index contributed by atoms with van der Waals surface area (Å²) in [5.41, 5.74) is 6.78. The molecule has 4 aliphatic carbocycles. The molecule has 0 N–H and O–H groups in total. The third-order valence-electron chi connectivity index (χ3n) is 15.1. The molecule has 0 bridgehead atoms. The molecule has 0 aliphatic heterocycles. The van der Waals surface area contributed by atoms with Gasteiger partial charge >= 0.3 is 34.1 Å². The van der Waals surface area contributed by atoms with Crippen molar-refractivity contribution < 1.29 is 34.1 Å². The molecule has 76 heavy (non-hydrogen) atoms. The number of aryl methyl sites for hydroxylation is 2. The van der Waals surface area contributed by atoms with Crippen molar-refractivity contribution in [3.8, 4) is 0 Å². The summed E-state index contributed by atoms with van der Waals surface area (Å²) in [5.74, 6) is 0. The summed E-state index contributed by atoms with van der Waals surface area (Å²) in [7, 11) is 3.92. The Kier molecular flexibility index (Phi) is 33.3. The summed E-state index contributed by atoms with van der Waals surface area (Å²) in [5, 5.41) is 4.84. The maximum atomic E-state index is 4.62. The Bertz CT molecular complexity index is 1990. The molecule has 0 aromatic carbocycles. The maximum absolute atomic E-state index is 4.62. The molecule has 8 rings (SSSR count). The van der Waals surface area contributed by atoms with Crippen LogP contribution in [0.4, 0.5) is 0 Å². The van der Waals surface area contributed by atoms with Crippen LogP contribution in [-0.2, 0) is 59.3 Å². The average Bonchev–Trinajstić information content (AvgIpc) is 4.06. The van der Waals surface area contributed by atoms with E-state index in [9.17, 15) is 0 Å². The van der Waals surface area contributed by atoms with E-state index in [4.69, 9.17) is 0 Å². The minimum Gasteiger partial charge on any atom is -0.358 e. The molecule has 4 atom stereocenters. The minimum absolute atomic E-state index is 0. The first-order valence-electron chi connectivity index (χ1n) is 27.9. The first-order valence-corrected chi connectivity index (χ1v) is 33.5. The zero-order valence-electron chi connectivity index (χ0n) is 53.6. The number of hydrogen-bond acceptors (Lipinski definition) is 2. The van der Waals surface area contributed by atoms with Gasteiger partial charge in [0, 0.05) is 74.7 Å². The monoisotopic (exact) mass is 1210 g/mol. The van der Waals surface area contributed by atoms with Crippen LogP contribution in [-0.4, -0.2) is 71.5 Å². The topological polar surface area (TPSA) is 45.5 Å². The molecule has 4 unspecified atom stereocenters. The normalized spacial score (nSPS) is 18.5. The second-order valence-electron chi connectivity index (χ2n) is 27.5. The van der Waals surface area contributed by atoms with E-state index in [1.165, 1.54) is 114 Å². The molecule has 4 fully saturated rings. The summed E-state index contributed by atoms with van der Waals surface area (Å²) in [6.45, 7) is 42.6. The van der Waals surface area contributed by atoms with Gasteiger partial charge in [-0.3, -0.25) is 0 Å². The zero-order valence-corrected chi connectivity index (χ0v) is 59.4. The minimum atomic E-state index is -0.130. The van der Waals surface area contributed by atoms with Crippen LogP contribution in [0.1, 0.15) is 227 Å². The van der Waals surface area contributed by atoms with Gasteiger partial charge in [-0.2, -0.15) is 0 Å². The summed E-state index contributed by atoms with van der Waals surface area (Å²) in [4.78, 5) is 9.24. The average molecular weight is 1210 g/mol. The Labute approximate surface area is 499 Å². The van der Waals surface area contributed by atoms with Crippen molar-refractivity contribution in [3.05, 3.63) is 91.4 Å². The summed E-state index contributed by atoms with van der Waals surface area (Å²) in [6, 6.07) is 4.78. The van der Waals surface area contributed by atoms with E-state index >= 15 is 0 Å². The molecule has 4 aromatic rings. The summed E-state index contributed by atoms with van der Waals surface area (Å²) >= 11 is 0. The Hall–Kier alpha value is -0.261. The van der Waals surface area contributed by atoms with E-state index in [1.54, 1.807) is 10.6 Å². The van der Waals surface area contributed by atoms with Crippen LogP contribution in [0.2, 0.25) is 0 Å². The second-order valence-corrected chi connectivity index (χ2v) is 40.6. The van der Waals surface area contributed by atoms with E-state index in [-0.39, 0.29) is 107 Å². The van der Waals surface area contributed by atoms with Crippen molar-refractivity contribution >= 4 is 53.4 Å². The summed E-state index contributed by atoms with van der Waals surface area (Å²) in [6.07, 6.45) is 40.4. The quantitative estimate of drug-likeness (QED) is 0.100. The SMILES string of the molecule is CC(C)(C)n1ccc(P(C2CCCC2)C(C)(C)C)c1.CC(C)(C)n1ccc(P(C2CCCC2)C(C)(C)C)c1.Cn1ccnc1P(C1CCCC1)C(C)(C)C.Cn1ccnc1P(C1CCCC1)C(C)(C)C.[CH3-].[CH3-].[CH3-].[CH3-].[Fe+2].[Fe+2]. The molecule has 0 spiro atoms. The molecule has 0 amide bonds. The first kappa shape index (κ1) is 77.8. The number of aromatic nitrogens is 6. The van der Waals surface area contributed by atoms with Crippen LogP contribution in [0.5, 0.6) is 0 Å². The van der Waals surface area contributed by atoms with Crippen molar-refractivity contribution in [1.82, 2.24) is 28.2 Å². The van der Waals surface area contributed by atoms with Crippen LogP contribution in [0.15, 0.2) is 61.7 Å². The van der Waals surface area contributed by atoms with Gasteiger partial charge in [-0.1, -0.05) is 150 Å². The predicted octanol–water partition coefficient (Wildman–Crippen LogP) is 18.5. The van der Waals surface area contributed by atoms with Crippen molar-refractivity contribution in [2.75, 3.05) is 0 Å². The number of rotatable bonds is 8. The number of imidazole rings is 2. The van der Waals surface area contributed by atoms with Gasteiger partial charge in [0.05, 0.1) is 0 Å². The van der Waals surface area contributed by atoms with Crippen LogP contribution in [0.3, 0.4) is 0 Å². The van der Waals surface area contributed by atoms with Crippen molar-refractivity contribution in [1.29, 1.82) is 0 Å². The van der Waals surface area contributed by atoms with Crippen LogP contribution < -0.4 is 21.7 Å². The Morgan fingerprint density at radius 2 is 0.592 bits per heavy atom. The molecule has 0 radical (unpaired) electrons. The fraction of sp³-hybridized carbons (Fsp3) is 0.719. The molecule has 6 nitrogen and oxygen atoms in total. The van der Waals surface area contributed by atoms with E-state index in [2.05, 4.69) is 216 Å². The third-order valence-corrected chi connectivity index (χ3v) is 29.3. The molecule has 440 valence electrons. The van der Waals surface area contributed by atoms with Gasteiger partial charge in [0.2, 0.25) is 0 Å². The van der Waals surface area contributed by atoms with Gasteiger partial charge in [0.1, 0.15) is 11.1 Å². The molecule has 12 heteroatoms. The Morgan fingerprint density at radius 3 is 0.763 bits per heavy atom. The number of nitrogens with zero attached hydrogens (tertiary/aromatic N) is 6. The predicted molar refractivity (Wildman–Crippen MR) is 345 cm³/mol. The standard InChI is InChI=1S/2C17H30NP.2C13H23N2P.4CH3.2Fe/c2*1-16(2,3)18-12-11-15(13-18)19(17(4,5)6)14-9-7-8-10-14;2*1-13(2,3)16(11-7-5-6-8-11)12-14-9-10-15(12)4;;;;;;/h2*11-14H,7-10H2,1-6H3;2*9-11H,5-8H2,1-4H3;4*1H3;;/q;;;;4*-1;2*+2. The molecule has 0 saturated heterocycles. The molecular weight excluding hydrogens is 1090 g/mol. The van der Waals surface area contributed by atoms with Crippen LogP contribution in [0.25, 0.3) is 0 Å². The first-order chi connectivity index (χ1) is 32.4. The molecule has 4 aliphatic rings. The molecule has 4 aromatic heterocycles. The zero-order chi connectivity index (χ0) is 52.0. The fourth-order valence-electron chi connectivity index (χ4n) is 12.0. The largest absolute Gasteiger partial charge is 2.00 e. The Morgan fingerprint density at radius 1 is 0.368 bits per heavy atom. The molecular formula is C64H118Fe2N6P4.